The molecule has 0 rings (SSSR count). The van der Waals surface area contributed by atoms with Gasteiger partial charge in [0.25, 0.3) is 0 Å². The van der Waals surface area contributed by atoms with Crippen molar-refractivity contribution in [3.8, 4) is 0 Å². The predicted molar refractivity (Wildman–Crippen MR) is 124 cm³/mol. The molecule has 0 aromatic carbocycles. The lowest BCUT2D eigenvalue weighted by Crippen LogP contribution is -2.48. The van der Waals surface area contributed by atoms with Gasteiger partial charge in [0.1, 0.15) is 0 Å². The van der Waals surface area contributed by atoms with Gasteiger partial charge in [0.15, 0.2) is 0 Å². The molecule has 0 bridgehead atoms. The van der Waals surface area contributed by atoms with Gasteiger partial charge in [-0.25, -0.2) is 13.1 Å². The lowest BCUT2D eigenvalue weighted by atomic mass is 10.1. The predicted octanol–water partition coefficient (Wildman–Crippen LogP) is 5.87. The molecule has 1 unspecified atom stereocenters. The first kappa shape index (κ1) is 27.9. The molecule has 4 nitrogen and oxygen atoms in total. The Morgan fingerprint density at radius 2 is 1.18 bits per heavy atom. The van der Waals surface area contributed by atoms with E-state index in [0.717, 1.165) is 56.3 Å². The minimum absolute atomic E-state index is 0.0422. The lowest BCUT2D eigenvalue weighted by Gasteiger charge is -2.36. The second-order valence-electron chi connectivity index (χ2n) is 8.68. The van der Waals surface area contributed by atoms with Gasteiger partial charge < -0.3 is 4.48 Å². The van der Waals surface area contributed by atoms with Crippen molar-refractivity contribution in [3.05, 3.63) is 0 Å². The zero-order valence-corrected chi connectivity index (χ0v) is 20.6. The fraction of sp³-hybridized carbons (Fsp3) is 1.00. The highest BCUT2D eigenvalue weighted by Gasteiger charge is 2.21. The van der Waals surface area contributed by atoms with Crippen LogP contribution in [0.3, 0.4) is 0 Å². The molecule has 5 heteroatoms. The number of hydrogen-bond donors (Lipinski definition) is 1. The number of nitrogens with one attached hydrogen (secondary N) is 1. The molecule has 0 amide bonds. The Morgan fingerprint density at radius 1 is 0.714 bits per heavy atom. The second kappa shape index (κ2) is 16.6. The summed E-state index contributed by atoms with van der Waals surface area (Å²) in [5, 5.41) is 0. The molecule has 0 fully saturated rings. The number of hydrogen-bond acceptors (Lipinski definition) is 2. The smallest absolute Gasteiger partial charge is 0.211 e. The molecular weight excluding hydrogens is 368 g/mol. The molecule has 0 aliphatic heterocycles. The van der Waals surface area contributed by atoms with E-state index < -0.39 is 10.0 Å². The quantitative estimate of drug-likeness (QED) is 0.198. The van der Waals surface area contributed by atoms with Crippen LogP contribution in [-0.2, 0) is 10.0 Å². The van der Waals surface area contributed by atoms with E-state index in [2.05, 4.69) is 32.4 Å². The monoisotopic (exact) mass is 419 g/mol. The first-order chi connectivity index (χ1) is 13.3. The maximum atomic E-state index is 12.3. The molecule has 1 atom stereocenters. The lowest BCUT2D eigenvalue weighted by molar-refractivity contribution is -0.923. The van der Waals surface area contributed by atoms with Crippen molar-refractivity contribution in [3.63, 3.8) is 0 Å². The topological polar surface area (TPSA) is 46.2 Å². The second-order valence-corrected chi connectivity index (χ2v) is 10.5. The van der Waals surface area contributed by atoms with Gasteiger partial charge in [0.2, 0.25) is 10.0 Å². The third kappa shape index (κ3) is 13.9. The van der Waals surface area contributed by atoms with Crippen molar-refractivity contribution >= 4 is 10.0 Å². The van der Waals surface area contributed by atoms with Gasteiger partial charge in [0, 0.05) is 6.04 Å². The average molecular weight is 420 g/mol. The van der Waals surface area contributed by atoms with Crippen molar-refractivity contribution in [1.82, 2.24) is 4.72 Å². The Balaban J connectivity index is 3.83. The Bertz CT molecular complexity index is 439. The summed E-state index contributed by atoms with van der Waals surface area (Å²) >= 11 is 0. The normalized spacial score (nSPS) is 13.8. The Kier molecular flexibility index (Phi) is 16.6. The van der Waals surface area contributed by atoms with E-state index in [0.29, 0.717) is 0 Å². The molecule has 0 saturated carbocycles. The van der Waals surface area contributed by atoms with Crippen molar-refractivity contribution < 1.29 is 12.9 Å². The van der Waals surface area contributed by atoms with Crippen LogP contribution in [0.1, 0.15) is 112 Å². The summed E-state index contributed by atoms with van der Waals surface area (Å²) < 4.78 is 28.6. The number of sulfonamides is 1. The Hall–Kier alpha value is -0.130. The first-order valence-corrected chi connectivity index (χ1v) is 13.8. The van der Waals surface area contributed by atoms with E-state index in [1.807, 2.05) is 6.92 Å². The van der Waals surface area contributed by atoms with E-state index in [1.54, 1.807) is 0 Å². The van der Waals surface area contributed by atoms with Gasteiger partial charge in [-0.2, -0.15) is 0 Å². The van der Waals surface area contributed by atoms with Gasteiger partial charge in [-0.05, 0) is 47.0 Å². The van der Waals surface area contributed by atoms with E-state index in [9.17, 15) is 8.42 Å². The van der Waals surface area contributed by atoms with Gasteiger partial charge in [-0.3, -0.25) is 0 Å². The summed E-state index contributed by atoms with van der Waals surface area (Å²) in [7, 11) is -3.13. The number of unbranched alkanes of at least 4 members (excludes halogenated alkanes) is 9. The van der Waals surface area contributed by atoms with Gasteiger partial charge in [-0.15, -0.1) is 0 Å². The number of nitrogens with zero attached hydrogens (tertiary/aromatic N) is 1. The van der Waals surface area contributed by atoms with Crippen LogP contribution in [-0.4, -0.2) is 50.9 Å². The molecule has 170 valence electrons. The average Bonchev–Trinajstić information content (AvgIpc) is 2.66. The molecule has 0 aromatic heterocycles. The molecule has 0 aromatic rings. The third-order valence-corrected chi connectivity index (χ3v) is 8.02. The maximum Gasteiger partial charge on any atom is 0.211 e. The number of rotatable bonds is 20. The summed E-state index contributed by atoms with van der Waals surface area (Å²) in [6.45, 7) is 15.6. The molecule has 0 radical (unpaired) electrons. The van der Waals surface area contributed by atoms with Gasteiger partial charge in [0.05, 0.1) is 31.9 Å². The summed E-state index contributed by atoms with van der Waals surface area (Å²) in [6.07, 6.45) is 14.3. The van der Waals surface area contributed by atoms with Crippen LogP contribution in [0, 0.1) is 0 Å². The molecule has 0 saturated heterocycles. The molecule has 0 heterocycles. The molecule has 0 aliphatic rings. The van der Waals surface area contributed by atoms with E-state index in [-0.39, 0.29) is 11.8 Å². The van der Waals surface area contributed by atoms with Crippen molar-refractivity contribution in [2.75, 3.05) is 31.9 Å². The van der Waals surface area contributed by atoms with E-state index in [1.165, 1.54) is 51.4 Å². The van der Waals surface area contributed by atoms with E-state index >= 15 is 0 Å². The highest BCUT2D eigenvalue weighted by atomic mass is 32.2. The van der Waals surface area contributed by atoms with E-state index in [4.69, 9.17) is 0 Å². The standard InChI is InChI=1S/C23H51N2O2S/c1-6-10-11-12-13-14-15-16-17-18-22-28(26,27)24-23(5)20-19-21-25(7-2,8-3)9-4/h23-24H,6-22H2,1-5H3/q+1. The van der Waals surface area contributed by atoms with Crippen molar-refractivity contribution in [2.45, 2.75) is 118 Å². The fourth-order valence-electron chi connectivity index (χ4n) is 4.08. The summed E-state index contributed by atoms with van der Waals surface area (Å²) in [5.41, 5.74) is 0. The summed E-state index contributed by atoms with van der Waals surface area (Å²) in [5.74, 6) is 0.284. The van der Waals surface area contributed by atoms with Crippen LogP contribution >= 0.6 is 0 Å². The highest BCUT2D eigenvalue weighted by Crippen LogP contribution is 2.12. The maximum absolute atomic E-state index is 12.3. The molecule has 28 heavy (non-hydrogen) atoms. The van der Waals surface area contributed by atoms with Crippen LogP contribution < -0.4 is 4.72 Å². The van der Waals surface area contributed by atoms with Crippen molar-refractivity contribution in [1.29, 1.82) is 0 Å². The number of quaternary nitrogens is 1. The SMILES string of the molecule is CCCCCCCCCCCCS(=O)(=O)NC(C)CCC[N+](CC)(CC)CC. The van der Waals surface area contributed by atoms with Crippen molar-refractivity contribution in [2.24, 2.45) is 0 Å². The minimum atomic E-state index is -3.13. The molecular formula is C23H51N2O2S+. The third-order valence-electron chi connectivity index (χ3n) is 6.43. The molecule has 0 spiro atoms. The Morgan fingerprint density at radius 3 is 1.64 bits per heavy atom. The van der Waals surface area contributed by atoms with Crippen LogP contribution in [0.5, 0.6) is 0 Å². The minimum Gasteiger partial charge on any atom is -0.324 e. The van der Waals surface area contributed by atoms with Gasteiger partial charge >= 0.3 is 0 Å². The van der Waals surface area contributed by atoms with Crippen LogP contribution in [0.2, 0.25) is 0 Å². The van der Waals surface area contributed by atoms with Crippen LogP contribution in [0.15, 0.2) is 0 Å². The first-order valence-electron chi connectivity index (χ1n) is 12.2. The summed E-state index contributed by atoms with van der Waals surface area (Å²) in [6, 6.07) is 0.0422. The largest absolute Gasteiger partial charge is 0.324 e. The van der Waals surface area contributed by atoms with Crippen LogP contribution in [0.4, 0.5) is 0 Å². The molecule has 0 aliphatic carbocycles. The van der Waals surface area contributed by atoms with Gasteiger partial charge in [-0.1, -0.05) is 64.7 Å². The zero-order chi connectivity index (χ0) is 21.3. The molecule has 1 N–H and O–H groups in total. The Labute approximate surface area is 177 Å². The fourth-order valence-corrected chi connectivity index (χ4v) is 5.51. The zero-order valence-electron chi connectivity index (χ0n) is 19.8. The summed E-state index contributed by atoms with van der Waals surface area (Å²) in [4.78, 5) is 0. The highest BCUT2D eigenvalue weighted by molar-refractivity contribution is 7.89. The van der Waals surface area contributed by atoms with Crippen LogP contribution in [0.25, 0.3) is 0 Å².